The van der Waals surface area contributed by atoms with E-state index in [1.54, 1.807) is 23.8 Å². The number of methoxy groups -OCH3 is 1. The number of benzene rings is 2. The Morgan fingerprint density at radius 3 is 2.50 bits per heavy atom. The molecule has 2 aromatic rings. The Morgan fingerprint density at radius 1 is 1.13 bits per heavy atom. The molecule has 0 saturated heterocycles. The van der Waals surface area contributed by atoms with Gasteiger partial charge in [0.25, 0.3) is 0 Å². The molecule has 0 aliphatic rings. The van der Waals surface area contributed by atoms with Crippen molar-refractivity contribution in [3.63, 3.8) is 0 Å². The molecule has 0 aromatic heterocycles. The first-order valence-electron chi connectivity index (χ1n) is 10.0. The molecule has 0 unspecified atom stereocenters. The van der Waals surface area contributed by atoms with E-state index in [4.69, 9.17) is 4.74 Å². The summed E-state index contributed by atoms with van der Waals surface area (Å²) in [6.45, 7) is 4.72. The van der Waals surface area contributed by atoms with Crippen molar-refractivity contribution in [1.82, 2.24) is 10.2 Å². The van der Waals surface area contributed by atoms with Crippen LogP contribution in [-0.2, 0) is 21.9 Å². The summed E-state index contributed by atoms with van der Waals surface area (Å²) in [6, 6.07) is 15.2. The van der Waals surface area contributed by atoms with Gasteiger partial charge < -0.3 is 15.0 Å². The lowest BCUT2D eigenvalue weighted by molar-refractivity contribution is -0.139. The van der Waals surface area contributed by atoms with Crippen molar-refractivity contribution in [3.05, 3.63) is 64.1 Å². The van der Waals surface area contributed by atoms with E-state index in [0.717, 1.165) is 27.1 Å². The number of rotatable bonds is 11. The number of carbonyl (C=O) groups excluding carboxylic acids is 2. The van der Waals surface area contributed by atoms with Gasteiger partial charge in [-0.15, -0.1) is 11.8 Å². The molecule has 0 saturated carbocycles. The summed E-state index contributed by atoms with van der Waals surface area (Å²) in [7, 11) is 1.62. The van der Waals surface area contributed by atoms with Crippen molar-refractivity contribution in [2.75, 3.05) is 19.4 Å². The fourth-order valence-corrected chi connectivity index (χ4v) is 4.23. The van der Waals surface area contributed by atoms with Crippen LogP contribution in [0.4, 0.5) is 0 Å². The average molecular weight is 493 g/mol. The summed E-state index contributed by atoms with van der Waals surface area (Å²) in [5.74, 6) is 1.63. The summed E-state index contributed by atoms with van der Waals surface area (Å²) in [6.07, 6.45) is 0.554. The maximum absolute atomic E-state index is 13.1. The quantitative estimate of drug-likeness (QED) is 0.496. The molecule has 0 heterocycles. The Balaban J connectivity index is 2.12. The number of ether oxygens (including phenoxy) is 1. The van der Waals surface area contributed by atoms with Crippen LogP contribution in [0.3, 0.4) is 0 Å². The minimum atomic E-state index is -0.503. The van der Waals surface area contributed by atoms with Gasteiger partial charge in [0.2, 0.25) is 11.8 Å². The minimum absolute atomic E-state index is 0.0435. The highest BCUT2D eigenvalue weighted by Crippen LogP contribution is 2.20. The largest absolute Gasteiger partial charge is 0.497 e. The number of amides is 2. The fraction of sp³-hybridized carbons (Fsp3) is 0.391. The average Bonchev–Trinajstić information content (AvgIpc) is 2.75. The molecule has 2 rings (SSSR count). The third kappa shape index (κ3) is 7.36. The van der Waals surface area contributed by atoms with Crippen molar-refractivity contribution in [2.45, 2.75) is 38.6 Å². The van der Waals surface area contributed by atoms with Gasteiger partial charge in [0.05, 0.1) is 12.9 Å². The molecule has 7 heteroatoms. The van der Waals surface area contributed by atoms with E-state index in [2.05, 4.69) is 21.2 Å². The zero-order chi connectivity index (χ0) is 21.9. The van der Waals surface area contributed by atoms with Gasteiger partial charge in [0.15, 0.2) is 0 Å². The van der Waals surface area contributed by atoms with E-state index >= 15 is 0 Å². The normalized spacial score (nSPS) is 11.6. The predicted octanol–water partition coefficient (Wildman–Crippen LogP) is 4.63. The van der Waals surface area contributed by atoms with E-state index in [-0.39, 0.29) is 11.8 Å². The molecule has 0 bridgehead atoms. The highest BCUT2D eigenvalue weighted by molar-refractivity contribution is 9.10. The SMILES string of the molecule is CCNC(=O)[C@H](CC)N(Cc1cccc(OC)c1)C(=O)CSCc1ccc(Br)cc1. The number of likely N-dealkylation sites (N-methyl/N-ethyl adjacent to an activating group) is 1. The molecule has 2 amide bonds. The Hall–Kier alpha value is -1.99. The number of thioether (sulfide) groups is 1. The molecule has 162 valence electrons. The Bertz CT molecular complexity index is 829. The molecule has 0 aliphatic carbocycles. The van der Waals surface area contributed by atoms with Crippen LogP contribution in [0.25, 0.3) is 0 Å². The van der Waals surface area contributed by atoms with Gasteiger partial charge in [-0.05, 0) is 48.7 Å². The van der Waals surface area contributed by atoms with Crippen LogP contribution in [0.5, 0.6) is 5.75 Å². The smallest absolute Gasteiger partial charge is 0.242 e. The lowest BCUT2D eigenvalue weighted by atomic mass is 10.1. The summed E-state index contributed by atoms with van der Waals surface area (Å²) < 4.78 is 6.33. The topological polar surface area (TPSA) is 58.6 Å². The van der Waals surface area contributed by atoms with Crippen LogP contribution in [0.2, 0.25) is 0 Å². The highest BCUT2D eigenvalue weighted by atomic mass is 79.9. The van der Waals surface area contributed by atoms with E-state index < -0.39 is 6.04 Å². The van der Waals surface area contributed by atoms with Crippen LogP contribution in [0.1, 0.15) is 31.4 Å². The number of halogens is 1. The fourth-order valence-electron chi connectivity index (χ4n) is 3.10. The van der Waals surface area contributed by atoms with E-state index in [1.165, 1.54) is 0 Å². The van der Waals surface area contributed by atoms with Crippen LogP contribution in [0.15, 0.2) is 53.0 Å². The first-order chi connectivity index (χ1) is 14.5. The van der Waals surface area contributed by atoms with Gasteiger partial charge >= 0.3 is 0 Å². The Morgan fingerprint density at radius 2 is 1.87 bits per heavy atom. The second-order valence-electron chi connectivity index (χ2n) is 6.81. The highest BCUT2D eigenvalue weighted by Gasteiger charge is 2.28. The standard InChI is InChI=1S/C23H29BrN2O3S/c1-4-21(23(28)25-5-2)26(14-18-7-6-8-20(13-18)29-3)22(27)16-30-15-17-9-11-19(24)12-10-17/h6-13,21H,4-5,14-16H2,1-3H3,(H,25,28)/t21-/m0/s1. The van der Waals surface area contributed by atoms with Crippen LogP contribution in [0, 0.1) is 0 Å². The third-order valence-electron chi connectivity index (χ3n) is 4.63. The molecular formula is C23H29BrN2O3S. The molecule has 0 spiro atoms. The molecule has 0 fully saturated rings. The minimum Gasteiger partial charge on any atom is -0.497 e. The Labute approximate surface area is 191 Å². The van der Waals surface area contributed by atoms with Crippen molar-refractivity contribution in [2.24, 2.45) is 0 Å². The zero-order valence-electron chi connectivity index (χ0n) is 17.7. The maximum Gasteiger partial charge on any atom is 0.242 e. The molecule has 0 aliphatic heterocycles. The molecular weight excluding hydrogens is 464 g/mol. The van der Waals surface area contributed by atoms with Gasteiger partial charge in [-0.1, -0.05) is 47.1 Å². The van der Waals surface area contributed by atoms with Gasteiger partial charge in [-0.2, -0.15) is 0 Å². The number of nitrogens with one attached hydrogen (secondary N) is 1. The van der Waals surface area contributed by atoms with Crippen LogP contribution < -0.4 is 10.1 Å². The second-order valence-corrected chi connectivity index (χ2v) is 8.71. The summed E-state index contributed by atoms with van der Waals surface area (Å²) in [4.78, 5) is 27.5. The third-order valence-corrected chi connectivity index (χ3v) is 6.15. The molecule has 0 radical (unpaired) electrons. The summed E-state index contributed by atoms with van der Waals surface area (Å²) >= 11 is 4.99. The first kappa shape index (κ1) is 24.3. The first-order valence-corrected chi connectivity index (χ1v) is 12.0. The maximum atomic E-state index is 13.1. The van der Waals surface area contributed by atoms with Gasteiger partial charge in [0, 0.05) is 23.3 Å². The van der Waals surface area contributed by atoms with E-state index in [0.29, 0.717) is 25.3 Å². The van der Waals surface area contributed by atoms with Crippen LogP contribution in [-0.4, -0.2) is 42.2 Å². The van der Waals surface area contributed by atoms with Crippen LogP contribution >= 0.6 is 27.7 Å². The summed E-state index contributed by atoms with van der Waals surface area (Å²) in [5.41, 5.74) is 2.09. The Kier molecular flexibility index (Phi) is 10.2. The number of hydrogen-bond acceptors (Lipinski definition) is 4. The number of hydrogen-bond donors (Lipinski definition) is 1. The predicted molar refractivity (Wildman–Crippen MR) is 127 cm³/mol. The molecule has 1 atom stereocenters. The van der Waals surface area contributed by atoms with Crippen molar-refractivity contribution >= 4 is 39.5 Å². The van der Waals surface area contributed by atoms with Gasteiger partial charge in [-0.25, -0.2) is 0 Å². The number of carbonyl (C=O) groups is 2. The summed E-state index contributed by atoms with van der Waals surface area (Å²) in [5, 5.41) is 2.86. The molecule has 1 N–H and O–H groups in total. The molecule has 5 nitrogen and oxygen atoms in total. The van der Waals surface area contributed by atoms with Crippen molar-refractivity contribution < 1.29 is 14.3 Å². The lowest BCUT2D eigenvalue weighted by Crippen LogP contribution is -2.49. The second kappa shape index (κ2) is 12.6. The van der Waals surface area contributed by atoms with Gasteiger partial charge in [-0.3, -0.25) is 9.59 Å². The van der Waals surface area contributed by atoms with Gasteiger partial charge in [0.1, 0.15) is 11.8 Å². The monoisotopic (exact) mass is 492 g/mol. The number of nitrogens with zero attached hydrogens (tertiary/aromatic N) is 1. The van der Waals surface area contributed by atoms with Crippen molar-refractivity contribution in [3.8, 4) is 5.75 Å². The molecule has 2 aromatic carbocycles. The van der Waals surface area contributed by atoms with E-state index in [1.807, 2.05) is 62.4 Å². The van der Waals surface area contributed by atoms with E-state index in [9.17, 15) is 9.59 Å². The van der Waals surface area contributed by atoms with Crippen molar-refractivity contribution in [1.29, 1.82) is 0 Å². The zero-order valence-corrected chi connectivity index (χ0v) is 20.1. The molecule has 30 heavy (non-hydrogen) atoms. The lowest BCUT2D eigenvalue weighted by Gasteiger charge is -2.30.